The van der Waals surface area contributed by atoms with Crippen LogP contribution in [0.25, 0.3) is 0 Å². The van der Waals surface area contributed by atoms with E-state index in [1.54, 1.807) is 11.3 Å². The molecule has 3 nitrogen and oxygen atoms in total. The van der Waals surface area contributed by atoms with E-state index < -0.39 is 0 Å². The Labute approximate surface area is 75.2 Å². The van der Waals surface area contributed by atoms with Gasteiger partial charge in [-0.05, 0) is 6.42 Å². The summed E-state index contributed by atoms with van der Waals surface area (Å²) in [6, 6.07) is 0. The Bertz CT molecular complexity index is 256. The molecule has 66 valence electrons. The van der Waals surface area contributed by atoms with E-state index in [1.165, 1.54) is 0 Å². The number of aromatic nitrogens is 1. The molecule has 0 radical (unpaired) electrons. The molecule has 3 N–H and O–H groups in total. The summed E-state index contributed by atoms with van der Waals surface area (Å²) in [5, 5.41) is 11.2. The summed E-state index contributed by atoms with van der Waals surface area (Å²) < 4.78 is 0. The van der Waals surface area contributed by atoms with Crippen molar-refractivity contribution >= 4 is 11.3 Å². The van der Waals surface area contributed by atoms with Crippen LogP contribution in [0.15, 0.2) is 10.9 Å². The smallest absolute Gasteiger partial charge is 0.0794 e. The van der Waals surface area contributed by atoms with Gasteiger partial charge in [-0.1, -0.05) is 0 Å². The molecule has 1 aliphatic carbocycles. The van der Waals surface area contributed by atoms with Crippen LogP contribution in [-0.2, 0) is 0 Å². The molecule has 2 rings (SSSR count). The monoisotopic (exact) mass is 184 g/mol. The van der Waals surface area contributed by atoms with Crippen molar-refractivity contribution in [2.75, 3.05) is 13.2 Å². The molecule has 12 heavy (non-hydrogen) atoms. The van der Waals surface area contributed by atoms with Crippen LogP contribution in [-0.4, -0.2) is 23.2 Å². The normalized spacial score (nSPS) is 33.7. The first kappa shape index (κ1) is 8.16. The Morgan fingerprint density at radius 1 is 1.83 bits per heavy atom. The van der Waals surface area contributed by atoms with Gasteiger partial charge in [0.05, 0.1) is 17.8 Å². The number of aliphatic hydroxyl groups excluding tert-OH is 1. The molecule has 1 heterocycles. The van der Waals surface area contributed by atoms with E-state index in [4.69, 9.17) is 10.8 Å². The van der Waals surface area contributed by atoms with E-state index in [0.29, 0.717) is 12.5 Å². The van der Waals surface area contributed by atoms with Crippen molar-refractivity contribution in [3.05, 3.63) is 16.6 Å². The fourth-order valence-electron chi connectivity index (χ4n) is 1.62. The number of rotatable bonds is 3. The second kappa shape index (κ2) is 2.80. The zero-order valence-electron chi connectivity index (χ0n) is 6.73. The average molecular weight is 184 g/mol. The van der Waals surface area contributed by atoms with Crippen LogP contribution in [0.3, 0.4) is 0 Å². The van der Waals surface area contributed by atoms with Crippen LogP contribution >= 0.6 is 11.3 Å². The van der Waals surface area contributed by atoms with Crippen molar-refractivity contribution in [2.45, 2.75) is 12.3 Å². The van der Waals surface area contributed by atoms with E-state index in [9.17, 15) is 0 Å². The molecule has 0 aliphatic heterocycles. The van der Waals surface area contributed by atoms with E-state index in [-0.39, 0.29) is 12.0 Å². The Morgan fingerprint density at radius 2 is 2.67 bits per heavy atom. The maximum Gasteiger partial charge on any atom is 0.0794 e. The fraction of sp³-hybridized carbons (Fsp3) is 0.625. The number of hydrogen-bond donors (Lipinski definition) is 2. The maximum absolute atomic E-state index is 9.12. The number of aliphatic hydroxyl groups is 1. The van der Waals surface area contributed by atoms with Gasteiger partial charge in [0.2, 0.25) is 0 Å². The molecular weight excluding hydrogens is 172 g/mol. The van der Waals surface area contributed by atoms with Crippen molar-refractivity contribution in [3.8, 4) is 0 Å². The van der Waals surface area contributed by atoms with E-state index >= 15 is 0 Å². The molecule has 1 fully saturated rings. The molecular formula is C8H12N2OS. The molecule has 0 bridgehead atoms. The van der Waals surface area contributed by atoms with Gasteiger partial charge < -0.3 is 10.8 Å². The van der Waals surface area contributed by atoms with Gasteiger partial charge in [-0.15, -0.1) is 11.3 Å². The summed E-state index contributed by atoms with van der Waals surface area (Å²) in [5.41, 5.74) is 8.47. The average Bonchev–Trinajstić information content (AvgIpc) is 2.59. The molecule has 2 atom stereocenters. The first-order chi connectivity index (χ1) is 5.82. The fourth-order valence-corrected chi connectivity index (χ4v) is 2.23. The lowest BCUT2D eigenvalue weighted by molar-refractivity contribution is 0.211. The van der Waals surface area contributed by atoms with Crippen molar-refractivity contribution in [3.63, 3.8) is 0 Å². The third-order valence-electron chi connectivity index (χ3n) is 2.72. The van der Waals surface area contributed by atoms with Gasteiger partial charge >= 0.3 is 0 Å². The Morgan fingerprint density at radius 3 is 3.08 bits per heavy atom. The molecule has 1 saturated carbocycles. The lowest BCUT2D eigenvalue weighted by Crippen LogP contribution is -2.21. The van der Waals surface area contributed by atoms with Crippen molar-refractivity contribution < 1.29 is 5.11 Å². The van der Waals surface area contributed by atoms with Gasteiger partial charge in [0.15, 0.2) is 0 Å². The summed E-state index contributed by atoms with van der Waals surface area (Å²) in [6.07, 6.45) is 0.990. The first-order valence-corrected chi connectivity index (χ1v) is 4.96. The van der Waals surface area contributed by atoms with Gasteiger partial charge in [-0.3, -0.25) is 0 Å². The number of thiazole rings is 1. The molecule has 0 spiro atoms. The quantitative estimate of drug-likeness (QED) is 0.722. The first-order valence-electron chi connectivity index (χ1n) is 4.01. The summed E-state index contributed by atoms with van der Waals surface area (Å²) in [7, 11) is 0. The van der Waals surface area contributed by atoms with E-state index in [0.717, 1.165) is 12.1 Å². The van der Waals surface area contributed by atoms with Crippen LogP contribution in [0.5, 0.6) is 0 Å². The summed E-state index contributed by atoms with van der Waals surface area (Å²) in [4.78, 5) is 4.22. The topological polar surface area (TPSA) is 59.1 Å². The minimum Gasteiger partial charge on any atom is -0.396 e. The zero-order valence-corrected chi connectivity index (χ0v) is 7.55. The predicted octanol–water partition coefficient (Wildman–Crippen LogP) is 0.568. The molecule has 1 aromatic heterocycles. The van der Waals surface area contributed by atoms with Gasteiger partial charge in [-0.25, -0.2) is 4.98 Å². The molecule has 2 unspecified atom stereocenters. The highest BCUT2D eigenvalue weighted by Gasteiger charge is 2.54. The Kier molecular flexibility index (Phi) is 1.90. The third kappa shape index (κ3) is 1.07. The second-order valence-corrected chi connectivity index (χ2v) is 4.11. The van der Waals surface area contributed by atoms with Gasteiger partial charge in [0.1, 0.15) is 0 Å². The largest absolute Gasteiger partial charge is 0.396 e. The third-order valence-corrected chi connectivity index (χ3v) is 3.32. The van der Waals surface area contributed by atoms with Crippen LogP contribution in [0.2, 0.25) is 0 Å². The van der Waals surface area contributed by atoms with Gasteiger partial charge in [0, 0.05) is 23.3 Å². The zero-order chi connectivity index (χ0) is 8.60. The van der Waals surface area contributed by atoms with Crippen LogP contribution in [0, 0.1) is 5.41 Å². The minimum absolute atomic E-state index is 0.0475. The van der Waals surface area contributed by atoms with E-state index in [1.807, 2.05) is 10.9 Å². The molecule has 4 heteroatoms. The maximum atomic E-state index is 9.12. The lowest BCUT2D eigenvalue weighted by Gasteiger charge is -2.08. The van der Waals surface area contributed by atoms with Crippen LogP contribution in [0.4, 0.5) is 0 Å². The number of nitrogens with two attached hydrogens (primary N) is 1. The molecule has 1 aliphatic rings. The molecule has 0 aromatic carbocycles. The van der Waals surface area contributed by atoms with Crippen LogP contribution in [0.1, 0.15) is 18.0 Å². The van der Waals surface area contributed by atoms with Crippen molar-refractivity contribution in [2.24, 2.45) is 11.1 Å². The van der Waals surface area contributed by atoms with Crippen molar-refractivity contribution in [1.29, 1.82) is 0 Å². The Balaban J connectivity index is 2.12. The van der Waals surface area contributed by atoms with Crippen LogP contribution < -0.4 is 5.73 Å². The second-order valence-electron chi connectivity index (χ2n) is 3.39. The lowest BCUT2D eigenvalue weighted by atomic mass is 10.0. The minimum atomic E-state index is -0.0475. The number of hydrogen-bond acceptors (Lipinski definition) is 4. The number of nitrogens with zero attached hydrogens (tertiary/aromatic N) is 1. The van der Waals surface area contributed by atoms with Crippen molar-refractivity contribution in [1.82, 2.24) is 4.98 Å². The molecule has 0 saturated heterocycles. The van der Waals surface area contributed by atoms with E-state index in [2.05, 4.69) is 4.98 Å². The summed E-state index contributed by atoms with van der Waals surface area (Å²) in [6.45, 7) is 0.747. The van der Waals surface area contributed by atoms with Gasteiger partial charge in [0.25, 0.3) is 0 Å². The highest BCUT2D eigenvalue weighted by Crippen LogP contribution is 2.57. The predicted molar refractivity (Wildman–Crippen MR) is 48.0 cm³/mol. The standard InChI is InChI=1S/C8H12N2OS/c9-3-8(4-11)1-6(8)7-2-12-5-10-7/h2,5-6,11H,1,3-4,9H2. The Hall–Kier alpha value is -0.450. The summed E-state index contributed by atoms with van der Waals surface area (Å²) >= 11 is 1.60. The highest BCUT2D eigenvalue weighted by atomic mass is 32.1. The van der Waals surface area contributed by atoms with Gasteiger partial charge in [-0.2, -0.15) is 0 Å². The SMILES string of the molecule is NCC1(CO)CC1c1cscn1. The highest BCUT2D eigenvalue weighted by molar-refractivity contribution is 7.07. The molecule has 1 aromatic rings. The summed E-state index contributed by atoms with van der Waals surface area (Å²) in [5.74, 6) is 0.402. The molecule has 0 amide bonds.